The summed E-state index contributed by atoms with van der Waals surface area (Å²) in [6, 6.07) is 0. The number of ether oxygens (including phenoxy) is 4. The third-order valence-corrected chi connectivity index (χ3v) is 21.1. The molecule has 4 fully saturated rings. The lowest BCUT2D eigenvalue weighted by atomic mass is 10.2. The number of rotatable bonds is 25. The van der Waals surface area contributed by atoms with Crippen molar-refractivity contribution >= 4 is 127 Å². The summed E-state index contributed by atoms with van der Waals surface area (Å²) in [5.74, 6) is 0.150. The summed E-state index contributed by atoms with van der Waals surface area (Å²) < 4.78 is 94.6. The second-order valence-electron chi connectivity index (χ2n) is 19.8. The highest BCUT2D eigenvalue weighted by atomic mass is 32.7. The van der Waals surface area contributed by atoms with E-state index in [9.17, 15) is 48.2 Å². The highest BCUT2D eigenvalue weighted by molar-refractivity contribution is 8.32. The molecule has 10 rings (SSSR count). The Kier molecular flexibility index (Phi) is 20.6. The lowest BCUT2D eigenvalue weighted by Gasteiger charge is -2.34. The number of hydrogen-bond acceptors (Lipinski definition) is 33. The maximum Gasteiger partial charge on any atom is 0.330 e. The molecule has 0 radical (unpaired) electrons. The van der Waals surface area contributed by atoms with Crippen molar-refractivity contribution in [3.05, 3.63) is 90.5 Å². The number of anilines is 2. The normalized spacial score (nSPS) is 29.2. The largest absolute Gasteiger partial charge is 0.780 e. The molecule has 5 unspecified atom stereocenters. The molecule has 37 nitrogen and oxygen atoms in total. The average Bonchev–Trinajstić information content (AvgIpc) is 1.78. The highest BCUT2D eigenvalue weighted by Gasteiger charge is 2.46. The van der Waals surface area contributed by atoms with Crippen LogP contribution in [-0.4, -0.2) is 155 Å². The summed E-state index contributed by atoms with van der Waals surface area (Å²) in [6.07, 6.45) is -8.16. The van der Waals surface area contributed by atoms with E-state index < -0.39 is 156 Å². The summed E-state index contributed by atoms with van der Waals surface area (Å²) in [7, 11) is 1.14. The maximum absolute atomic E-state index is 14.4. The van der Waals surface area contributed by atoms with E-state index in [0.29, 0.717) is 0 Å². The summed E-state index contributed by atoms with van der Waals surface area (Å²) in [5, 5.41) is 0. The Hall–Kier alpha value is -3.48. The van der Waals surface area contributed by atoms with Gasteiger partial charge in [-0.15, -0.1) is 0 Å². The molecule has 88 heavy (non-hydrogen) atoms. The number of hydrogen-bond donors (Lipinski definition) is 7. The van der Waals surface area contributed by atoms with E-state index in [4.69, 9.17) is 119 Å². The third kappa shape index (κ3) is 15.9. The van der Waals surface area contributed by atoms with Gasteiger partial charge in [-0.1, -0.05) is 23.6 Å². The molecule has 9 N–H and O–H groups in total. The van der Waals surface area contributed by atoms with Crippen LogP contribution in [0.15, 0.2) is 56.9 Å². The summed E-state index contributed by atoms with van der Waals surface area (Å²) in [4.78, 5) is 139. The smallest absolute Gasteiger partial charge is 0.330 e. The molecule has 0 spiro atoms. The predicted molar refractivity (Wildman–Crippen MR) is 315 cm³/mol. The van der Waals surface area contributed by atoms with Gasteiger partial charge in [0.15, 0.2) is 29.7 Å². The summed E-state index contributed by atoms with van der Waals surface area (Å²) in [6.45, 7) is -22.3. The van der Waals surface area contributed by atoms with E-state index >= 15 is 0 Å². The zero-order valence-electron chi connectivity index (χ0n) is 45.5. The molecule has 10 heterocycles. The molecule has 0 bridgehead atoms. The number of nitrogens with zero attached hydrogens (tertiary/aromatic N) is 10. The second kappa shape index (κ2) is 26.9. The number of aryl methyl sites for hydroxylation is 2. The van der Waals surface area contributed by atoms with E-state index in [-0.39, 0.29) is 70.8 Å². The Balaban J connectivity index is 0.847. The number of aromatic amines is 2. The fourth-order valence-electron chi connectivity index (χ4n) is 9.76. The van der Waals surface area contributed by atoms with E-state index in [1.165, 1.54) is 60.7 Å². The predicted octanol–water partition coefficient (Wildman–Crippen LogP) is -0.798. The van der Waals surface area contributed by atoms with Crippen molar-refractivity contribution in [2.45, 2.75) is 113 Å². The number of aromatic nitrogens is 12. The monoisotopic (exact) mass is 1420 g/mol. The first-order valence-electron chi connectivity index (χ1n) is 25.6. The number of imidazole rings is 2. The zero-order valence-corrected chi connectivity index (χ0v) is 54.0. The average molecular weight is 1420 g/mol. The van der Waals surface area contributed by atoms with Gasteiger partial charge >= 0.3 is 24.8 Å². The highest BCUT2D eigenvalue weighted by Crippen LogP contribution is 2.55. The zero-order chi connectivity index (χ0) is 63.4. The van der Waals surface area contributed by atoms with Crippen LogP contribution in [-0.2, 0) is 124 Å². The Bertz CT molecular complexity index is 4100. The van der Waals surface area contributed by atoms with Crippen molar-refractivity contribution in [3.63, 3.8) is 0 Å². The van der Waals surface area contributed by atoms with Crippen molar-refractivity contribution in [2.24, 2.45) is 0 Å². The van der Waals surface area contributed by atoms with Crippen LogP contribution in [0.4, 0.5) is 11.6 Å². The minimum absolute atomic E-state index is 0.00983. The number of H-pyrrole nitrogens is 2. The first kappa shape index (κ1) is 67.4. The van der Waals surface area contributed by atoms with Crippen LogP contribution in [0.2, 0.25) is 0 Å². The van der Waals surface area contributed by atoms with Crippen molar-refractivity contribution in [1.82, 2.24) is 58.1 Å². The van der Waals surface area contributed by atoms with E-state index in [2.05, 4.69) is 51.7 Å². The quantitative estimate of drug-likeness (QED) is 0.0272. The molecule has 482 valence electrons. The lowest BCUT2D eigenvalue weighted by molar-refractivity contribution is -0.215. The summed E-state index contributed by atoms with van der Waals surface area (Å²) in [5.41, 5.74) is 9.94. The van der Waals surface area contributed by atoms with Crippen molar-refractivity contribution in [3.8, 4) is 0 Å². The molecule has 47 heteroatoms. The standard InChI is InChI=1S/C41H55N14O23P5S5/c1-18-8-52(40(58)50-38(18)56)28-4-21(76-81(63,86)68-11-25-20(75-80(62,85)66-3)6-30(74-25)54-16-48-32-34(42)44-14-46-36(32)54)26(71-28)12-69-82(64,87)77-22-5-29(53-9-19(2)39(57)51-41(53)59)72-27(22)13-70-83(65,88)78-23-7-31(73-24(23)10-67-79(60,61)84)55-17-49-33-35(43)45-15-47-37(33)55/h8-9,14-17,20-31H,4-7,10-13H2,1-3H3,(H,62,85)(H,63,86)(H,64,87)(H,65,88)(H2,42,44,46)(H2,43,45,47)(H,50,56,58)(H,51,57,59)(H2,60,61,84)/p-3/t20-,21-,22-,23-,24-,25-,26-,27-,28-,29-,30-,31-,80?,81?,82?,83?/m1/s1. The molecule has 0 aromatic carbocycles. The molecule has 6 aromatic rings. The van der Waals surface area contributed by atoms with E-state index in [0.717, 1.165) is 16.2 Å². The molecule has 6 aromatic heterocycles. The summed E-state index contributed by atoms with van der Waals surface area (Å²) >= 11 is 25.8. The van der Waals surface area contributed by atoms with Gasteiger partial charge in [-0.3, -0.25) is 42.4 Å². The Morgan fingerprint density at radius 2 is 0.977 bits per heavy atom. The fourth-order valence-corrected chi connectivity index (χ4v) is 15.7. The molecule has 4 saturated heterocycles. The van der Waals surface area contributed by atoms with Crippen LogP contribution in [0.25, 0.3) is 22.3 Å². The van der Waals surface area contributed by atoms with Gasteiger partial charge in [0.25, 0.3) is 11.1 Å². The SMILES string of the molecule is COP(O)(=S)O[C@@H]1C[C@H](n2cnc3c(N)ncnc32)O[C@@H]1COP(=O)([S-])O[C@@H]1C[C@H](n2cc(C)c(=O)[nH]c2=O)O[C@@H]1COP([O-])(=S)O[C@@H]1C[C@H](n2cc(C)c(=O)[nH]c2=O)O[C@@H]1COP(O)(=S)O[C@@H]1C[C@H](n2cnc3c(N)ncnc32)O[C@@H]1COP([O-])(O)=S. The minimum Gasteiger partial charge on any atom is -0.780 e. The van der Waals surface area contributed by atoms with Crippen LogP contribution >= 0.6 is 33.7 Å². The maximum atomic E-state index is 14.4. The van der Waals surface area contributed by atoms with Crippen LogP contribution in [0.3, 0.4) is 0 Å². The van der Waals surface area contributed by atoms with Crippen molar-refractivity contribution in [1.29, 1.82) is 0 Å². The van der Waals surface area contributed by atoms with Gasteiger partial charge in [0.05, 0.1) is 63.5 Å². The Labute approximate surface area is 519 Å². The van der Waals surface area contributed by atoms with Gasteiger partial charge < -0.3 is 108 Å². The van der Waals surface area contributed by atoms with Crippen LogP contribution in [0, 0.1) is 13.8 Å². The molecular weight excluding hydrogens is 1370 g/mol. The topological polar surface area (TPSA) is 493 Å². The number of fused-ring (bicyclic) bond motifs is 2. The van der Waals surface area contributed by atoms with Gasteiger partial charge in [0, 0.05) is 56.3 Å². The molecule has 4 aliphatic heterocycles. The fraction of sp³-hybridized carbons (Fsp3) is 0.561. The van der Waals surface area contributed by atoms with Gasteiger partial charge in [-0.2, -0.15) is 0 Å². The molecule has 4 aliphatic rings. The molecule has 0 aliphatic carbocycles. The molecular formula is C41H52N14O23P5S5-3. The van der Waals surface area contributed by atoms with Gasteiger partial charge in [0.1, 0.15) is 86.5 Å². The lowest BCUT2D eigenvalue weighted by Crippen LogP contribution is -2.34. The number of nitrogen functional groups attached to an aromatic ring is 2. The van der Waals surface area contributed by atoms with E-state index in [1.54, 1.807) is 0 Å². The van der Waals surface area contributed by atoms with Crippen molar-refractivity contribution < 1.29 is 88.7 Å². The second-order valence-corrected chi connectivity index (χ2v) is 33.5. The third-order valence-electron chi connectivity index (χ3n) is 13.9. The first-order valence-corrected chi connectivity index (χ1v) is 38.5. The minimum atomic E-state index is -4.82. The molecule has 0 amide bonds. The van der Waals surface area contributed by atoms with E-state index in [1.807, 2.05) is 0 Å². The van der Waals surface area contributed by atoms with Gasteiger partial charge in [0.2, 0.25) is 0 Å². The molecule has 0 saturated carbocycles. The number of nitrogens with one attached hydrogen (secondary N) is 2. The van der Waals surface area contributed by atoms with Gasteiger partial charge in [-0.05, 0) is 37.5 Å². The van der Waals surface area contributed by atoms with Crippen LogP contribution < -0.4 is 43.8 Å². The van der Waals surface area contributed by atoms with Gasteiger partial charge in [-0.25, -0.2) is 39.5 Å². The first-order chi connectivity index (χ1) is 41.3. The van der Waals surface area contributed by atoms with Crippen LogP contribution in [0.5, 0.6) is 0 Å². The number of nitrogens with two attached hydrogens (primary N) is 2. The van der Waals surface area contributed by atoms with Crippen molar-refractivity contribution in [2.75, 3.05) is 45.0 Å². The van der Waals surface area contributed by atoms with Crippen LogP contribution in [0.1, 0.15) is 61.7 Å². The Morgan fingerprint density at radius 1 is 0.591 bits per heavy atom. The molecule has 17 atom stereocenters. The Morgan fingerprint density at radius 3 is 1.42 bits per heavy atom.